The molecule has 5 N–H and O–H groups in total. The van der Waals surface area contributed by atoms with E-state index in [4.69, 9.17) is 5.73 Å². The van der Waals surface area contributed by atoms with Crippen molar-refractivity contribution in [2.45, 2.75) is 31.2 Å². The van der Waals surface area contributed by atoms with Crippen molar-refractivity contribution in [1.82, 2.24) is 23.7 Å². The minimum absolute atomic E-state index is 0.238. The van der Waals surface area contributed by atoms with Crippen molar-refractivity contribution in [2.24, 2.45) is 10.7 Å². The lowest BCUT2D eigenvalue weighted by Gasteiger charge is -2.08. The quantitative estimate of drug-likeness (QED) is 0.0722. The second-order valence-corrected chi connectivity index (χ2v) is 8.96. The Labute approximate surface area is 206 Å². The number of hydrogen-bond acceptors (Lipinski definition) is 10. The Balaban J connectivity index is 1.42. The number of nitrogens with two attached hydrogens (primary N) is 1. The van der Waals surface area contributed by atoms with E-state index in [1.54, 1.807) is 6.20 Å². The third-order valence-corrected chi connectivity index (χ3v) is 5.78. The zero-order valence-corrected chi connectivity index (χ0v) is 20.2. The van der Waals surface area contributed by atoms with E-state index in [2.05, 4.69) is 44.6 Å². The lowest BCUT2D eigenvalue weighted by atomic mass is 10.2. The molecule has 3 aromatic heterocycles. The summed E-state index contributed by atoms with van der Waals surface area (Å²) in [5.74, 6) is 1.33. The number of nitrogens with zero attached hydrogens (tertiary/aromatic N) is 6. The van der Waals surface area contributed by atoms with Crippen molar-refractivity contribution < 1.29 is 17.7 Å². The van der Waals surface area contributed by atoms with Gasteiger partial charge in [-0.1, -0.05) is 17.8 Å². The standard InChI is InChI=1S/C19H23F3N10OS2/c1-12-3-4-13(9-26-12)10-27-16-15(31-35(33)32-16)24-6-2-8-34-18-25-7-5-14(30-18)29-17(23)28-11-19(20,21)22/h3-5,7,9H,2,6,8,10-11H2,1H3,(H,24,31)(H,27,32)(H3,23,25,28,29,30). The van der Waals surface area contributed by atoms with E-state index in [0.29, 0.717) is 42.1 Å². The number of nitrogens with one attached hydrogen (secondary N) is 3. The summed E-state index contributed by atoms with van der Waals surface area (Å²) in [7, 11) is 0. The minimum atomic E-state index is -4.44. The lowest BCUT2D eigenvalue weighted by molar-refractivity contribution is -0.118. The van der Waals surface area contributed by atoms with Crippen molar-refractivity contribution in [3.05, 3.63) is 41.9 Å². The molecule has 35 heavy (non-hydrogen) atoms. The molecule has 0 aliphatic heterocycles. The largest absolute Gasteiger partial charge is 0.546 e. The first kappa shape index (κ1) is 26.4. The molecule has 0 aliphatic carbocycles. The summed E-state index contributed by atoms with van der Waals surface area (Å²) in [6.45, 7) is 1.52. The van der Waals surface area contributed by atoms with Crippen LogP contribution in [0.5, 0.6) is 0 Å². The molecule has 11 nitrogen and oxygen atoms in total. The number of pyridine rings is 1. The highest BCUT2D eigenvalue weighted by Gasteiger charge is 2.26. The molecule has 3 heterocycles. The molecule has 3 aromatic rings. The molecule has 0 saturated heterocycles. The van der Waals surface area contributed by atoms with Gasteiger partial charge in [0.25, 0.3) is 0 Å². The summed E-state index contributed by atoms with van der Waals surface area (Å²) >= 11 is -0.319. The van der Waals surface area contributed by atoms with E-state index in [-0.39, 0.29) is 11.8 Å². The summed E-state index contributed by atoms with van der Waals surface area (Å²) in [5.41, 5.74) is 7.33. The third kappa shape index (κ3) is 9.50. The number of aliphatic imine (C=N–C) groups is 1. The fraction of sp³-hybridized carbons (Fsp3) is 0.368. The van der Waals surface area contributed by atoms with Crippen LogP contribution in [0, 0.1) is 6.92 Å². The number of guanidine groups is 1. The van der Waals surface area contributed by atoms with Gasteiger partial charge < -0.3 is 26.2 Å². The number of thioether (sulfide) groups is 1. The van der Waals surface area contributed by atoms with Gasteiger partial charge in [-0.2, -0.15) is 13.2 Å². The molecule has 0 amide bonds. The monoisotopic (exact) mass is 528 g/mol. The number of hydrogen-bond donors (Lipinski definition) is 4. The van der Waals surface area contributed by atoms with Crippen LogP contribution in [0.3, 0.4) is 0 Å². The van der Waals surface area contributed by atoms with Crippen molar-refractivity contribution in [2.75, 3.05) is 34.8 Å². The number of alkyl halides is 3. The van der Waals surface area contributed by atoms with Gasteiger partial charge in [-0.15, -0.1) is 0 Å². The van der Waals surface area contributed by atoms with Gasteiger partial charge in [-0.05, 0) is 31.0 Å². The molecular formula is C19H23F3N10OS2. The zero-order valence-electron chi connectivity index (χ0n) is 18.5. The Kier molecular flexibility index (Phi) is 9.39. The Morgan fingerprint density at radius 1 is 1.17 bits per heavy atom. The van der Waals surface area contributed by atoms with E-state index in [9.17, 15) is 17.7 Å². The highest BCUT2D eigenvalue weighted by Crippen LogP contribution is 2.23. The fourth-order valence-electron chi connectivity index (χ4n) is 2.55. The van der Waals surface area contributed by atoms with Crippen LogP contribution in [-0.4, -0.2) is 59.2 Å². The SMILES string of the molecule is Cc1ccc(CNc2n[s+]([O-])nc2NCCCSc2nccc(N/C(N)=N\CC(F)(F)F)n2)cn1. The summed E-state index contributed by atoms with van der Waals surface area (Å²) in [6, 6.07) is 5.32. The van der Waals surface area contributed by atoms with Gasteiger partial charge in [0, 0.05) is 45.7 Å². The number of aryl methyl sites for hydroxylation is 1. The van der Waals surface area contributed by atoms with Crippen molar-refractivity contribution >= 4 is 46.3 Å². The van der Waals surface area contributed by atoms with Gasteiger partial charge in [0.2, 0.25) is 11.6 Å². The summed E-state index contributed by atoms with van der Waals surface area (Å²) in [6.07, 6.45) is -0.519. The molecular weight excluding hydrogens is 505 g/mol. The smallest absolute Gasteiger partial charge is 0.408 e. The summed E-state index contributed by atoms with van der Waals surface area (Å²) < 4.78 is 56.4. The zero-order chi connectivity index (χ0) is 25.3. The molecule has 0 spiro atoms. The van der Waals surface area contributed by atoms with E-state index in [0.717, 1.165) is 11.3 Å². The molecule has 0 aromatic carbocycles. The topological polar surface area (TPSA) is 162 Å². The van der Waals surface area contributed by atoms with Crippen LogP contribution in [0.4, 0.5) is 30.6 Å². The lowest BCUT2D eigenvalue weighted by Crippen LogP contribution is -2.26. The van der Waals surface area contributed by atoms with Crippen molar-refractivity contribution in [3.63, 3.8) is 0 Å². The molecule has 1 unspecified atom stereocenters. The van der Waals surface area contributed by atoms with E-state index in [1.165, 1.54) is 24.0 Å². The average Bonchev–Trinajstić information content (AvgIpc) is 3.16. The third-order valence-electron chi connectivity index (χ3n) is 4.16. The van der Waals surface area contributed by atoms with Crippen LogP contribution in [-0.2, 0) is 6.54 Å². The van der Waals surface area contributed by atoms with Gasteiger partial charge in [0.05, 0.1) is 0 Å². The highest BCUT2D eigenvalue weighted by atomic mass is 32.2. The maximum atomic E-state index is 12.2. The average molecular weight is 529 g/mol. The van der Waals surface area contributed by atoms with Crippen molar-refractivity contribution in [3.8, 4) is 0 Å². The molecule has 0 radical (unpaired) electrons. The first-order valence-corrected chi connectivity index (χ1v) is 12.3. The van der Waals surface area contributed by atoms with Crippen molar-refractivity contribution in [1.29, 1.82) is 0 Å². The molecule has 0 saturated carbocycles. The first-order valence-electron chi connectivity index (χ1n) is 10.3. The second kappa shape index (κ2) is 12.5. The maximum absolute atomic E-state index is 12.2. The van der Waals surface area contributed by atoms with Gasteiger partial charge >= 0.3 is 6.18 Å². The van der Waals surface area contributed by atoms with Crippen LogP contribution in [0.1, 0.15) is 17.7 Å². The normalized spacial score (nSPS) is 12.5. The number of rotatable bonds is 11. The van der Waals surface area contributed by atoms with Crippen LogP contribution >= 0.6 is 22.9 Å². The van der Waals surface area contributed by atoms with E-state index < -0.39 is 23.9 Å². The predicted octanol–water partition coefficient (Wildman–Crippen LogP) is 3.19. The molecule has 0 fully saturated rings. The molecule has 16 heteroatoms. The summed E-state index contributed by atoms with van der Waals surface area (Å²) in [4.78, 5) is 15.8. The maximum Gasteiger partial charge on any atom is 0.408 e. The van der Waals surface area contributed by atoms with Gasteiger partial charge in [0.15, 0.2) is 22.3 Å². The highest BCUT2D eigenvalue weighted by molar-refractivity contribution is 7.99. The van der Waals surface area contributed by atoms with Crippen LogP contribution < -0.4 is 21.7 Å². The molecule has 0 bridgehead atoms. The summed E-state index contributed by atoms with van der Waals surface area (Å²) in [5, 5.41) is 9.16. The van der Waals surface area contributed by atoms with E-state index >= 15 is 0 Å². The molecule has 1 atom stereocenters. The Morgan fingerprint density at radius 3 is 2.66 bits per heavy atom. The van der Waals surface area contributed by atoms with Crippen LogP contribution in [0.25, 0.3) is 0 Å². The van der Waals surface area contributed by atoms with E-state index in [1.807, 2.05) is 19.1 Å². The van der Waals surface area contributed by atoms with Crippen LogP contribution in [0.2, 0.25) is 0 Å². The molecule has 188 valence electrons. The molecule has 0 aliphatic rings. The second-order valence-electron chi connectivity index (χ2n) is 7.07. The fourth-order valence-corrected chi connectivity index (χ4v) is 3.98. The number of halogens is 3. The van der Waals surface area contributed by atoms with Gasteiger partial charge in [0.1, 0.15) is 12.4 Å². The molecule has 3 rings (SSSR count). The predicted molar refractivity (Wildman–Crippen MR) is 129 cm³/mol. The van der Waals surface area contributed by atoms with Gasteiger partial charge in [-0.3, -0.25) is 4.98 Å². The van der Waals surface area contributed by atoms with Crippen LogP contribution in [0.15, 0.2) is 40.7 Å². The Morgan fingerprint density at radius 2 is 1.94 bits per heavy atom. The number of anilines is 3. The number of aromatic nitrogens is 5. The first-order chi connectivity index (χ1) is 16.7. The Bertz CT molecular complexity index is 1120. The minimum Gasteiger partial charge on any atom is -0.546 e. The Hall–Kier alpha value is -3.24. The van der Waals surface area contributed by atoms with Gasteiger partial charge in [-0.25, -0.2) is 15.0 Å².